The molecule has 104 valence electrons. The topological polar surface area (TPSA) is 33.3 Å². The molecule has 0 bridgehead atoms. The first kappa shape index (κ1) is 12.9. The number of rotatable bonds is 4. The molecule has 0 aromatic carbocycles. The zero-order chi connectivity index (χ0) is 12.4. The van der Waals surface area contributed by atoms with Crippen LogP contribution in [0.2, 0.25) is 0 Å². The summed E-state index contributed by atoms with van der Waals surface area (Å²) in [7, 11) is 0. The van der Waals surface area contributed by atoms with Crippen molar-refractivity contribution < 1.29 is 4.74 Å². The average Bonchev–Trinajstić information content (AvgIpc) is 2.94. The lowest BCUT2D eigenvalue weighted by molar-refractivity contribution is 0.0239. The Labute approximate surface area is 111 Å². The largest absolute Gasteiger partial charge is 0.381 e. The van der Waals surface area contributed by atoms with E-state index in [1.165, 1.54) is 38.6 Å². The van der Waals surface area contributed by atoms with Gasteiger partial charge in [0.05, 0.1) is 0 Å². The molecule has 2 heterocycles. The van der Waals surface area contributed by atoms with E-state index < -0.39 is 0 Å². The van der Waals surface area contributed by atoms with Crippen molar-refractivity contribution in [2.75, 3.05) is 32.8 Å². The molecule has 3 rings (SSSR count). The van der Waals surface area contributed by atoms with Crippen LogP contribution < -0.4 is 10.6 Å². The molecule has 3 atom stereocenters. The molecule has 3 fully saturated rings. The highest BCUT2D eigenvalue weighted by Gasteiger charge is 2.38. The molecular weight excluding hydrogens is 224 g/mol. The number of nitrogens with one attached hydrogen (secondary N) is 2. The van der Waals surface area contributed by atoms with E-state index in [9.17, 15) is 0 Å². The monoisotopic (exact) mass is 252 g/mol. The molecule has 2 N–H and O–H groups in total. The van der Waals surface area contributed by atoms with Gasteiger partial charge in [-0.3, -0.25) is 0 Å². The summed E-state index contributed by atoms with van der Waals surface area (Å²) >= 11 is 0. The number of hydrogen-bond acceptors (Lipinski definition) is 3. The lowest BCUT2D eigenvalue weighted by Gasteiger charge is -2.34. The van der Waals surface area contributed by atoms with Crippen molar-refractivity contribution in [2.45, 2.75) is 45.1 Å². The lowest BCUT2D eigenvalue weighted by atomic mass is 9.82. The third-order valence-electron chi connectivity index (χ3n) is 5.49. The van der Waals surface area contributed by atoms with Crippen LogP contribution in [-0.2, 0) is 4.74 Å². The fourth-order valence-corrected chi connectivity index (χ4v) is 4.10. The zero-order valence-electron chi connectivity index (χ0n) is 11.7. The Hall–Kier alpha value is -0.120. The quantitative estimate of drug-likeness (QED) is 0.800. The molecule has 0 aromatic heterocycles. The standard InChI is InChI=1S/C15H28N2O/c1-15(5-7-18-8-6-15)11-16-10-14-13-4-2-3-12(13)9-17-14/h12-14,16-17H,2-11H2,1H3. The fraction of sp³-hybridized carbons (Fsp3) is 1.00. The molecule has 0 aromatic rings. The summed E-state index contributed by atoms with van der Waals surface area (Å²) in [6.45, 7) is 7.89. The molecule has 1 aliphatic carbocycles. The van der Waals surface area contributed by atoms with Gasteiger partial charge in [0.15, 0.2) is 0 Å². The molecule has 2 saturated heterocycles. The van der Waals surface area contributed by atoms with Crippen LogP contribution in [0.4, 0.5) is 0 Å². The normalized spacial score (nSPS) is 38.8. The molecule has 0 amide bonds. The van der Waals surface area contributed by atoms with Gasteiger partial charge in [-0.1, -0.05) is 13.3 Å². The Kier molecular flexibility index (Phi) is 3.92. The molecule has 3 heteroatoms. The highest BCUT2D eigenvalue weighted by Crippen LogP contribution is 2.37. The molecule has 2 aliphatic heterocycles. The summed E-state index contributed by atoms with van der Waals surface area (Å²) in [4.78, 5) is 0. The number of hydrogen-bond donors (Lipinski definition) is 2. The minimum Gasteiger partial charge on any atom is -0.381 e. The van der Waals surface area contributed by atoms with Crippen molar-refractivity contribution in [3.05, 3.63) is 0 Å². The van der Waals surface area contributed by atoms with Gasteiger partial charge in [0.1, 0.15) is 0 Å². The summed E-state index contributed by atoms with van der Waals surface area (Å²) in [5.41, 5.74) is 0.464. The summed E-state index contributed by atoms with van der Waals surface area (Å²) in [5, 5.41) is 7.45. The van der Waals surface area contributed by atoms with Gasteiger partial charge in [0.2, 0.25) is 0 Å². The lowest BCUT2D eigenvalue weighted by Crippen LogP contribution is -2.43. The highest BCUT2D eigenvalue weighted by atomic mass is 16.5. The van der Waals surface area contributed by atoms with Crippen LogP contribution in [0, 0.1) is 17.3 Å². The Morgan fingerprint density at radius 3 is 2.94 bits per heavy atom. The summed E-state index contributed by atoms with van der Waals surface area (Å²) in [6.07, 6.45) is 6.80. The minimum atomic E-state index is 0.464. The van der Waals surface area contributed by atoms with Crippen molar-refractivity contribution in [1.82, 2.24) is 10.6 Å². The molecule has 3 aliphatic rings. The van der Waals surface area contributed by atoms with E-state index in [1.807, 2.05) is 0 Å². The van der Waals surface area contributed by atoms with Gasteiger partial charge >= 0.3 is 0 Å². The van der Waals surface area contributed by atoms with Gasteiger partial charge < -0.3 is 15.4 Å². The first-order valence-electron chi connectivity index (χ1n) is 7.79. The maximum atomic E-state index is 5.46. The Morgan fingerprint density at radius 1 is 1.28 bits per heavy atom. The zero-order valence-corrected chi connectivity index (χ0v) is 11.7. The predicted molar refractivity (Wildman–Crippen MR) is 73.7 cm³/mol. The van der Waals surface area contributed by atoms with Gasteiger partial charge in [-0.2, -0.15) is 0 Å². The van der Waals surface area contributed by atoms with Crippen LogP contribution in [0.1, 0.15) is 39.0 Å². The van der Waals surface area contributed by atoms with Gasteiger partial charge in [0.25, 0.3) is 0 Å². The molecular formula is C15H28N2O. The van der Waals surface area contributed by atoms with Crippen LogP contribution >= 0.6 is 0 Å². The molecule has 3 nitrogen and oxygen atoms in total. The van der Waals surface area contributed by atoms with Crippen molar-refractivity contribution >= 4 is 0 Å². The van der Waals surface area contributed by atoms with E-state index in [1.54, 1.807) is 0 Å². The maximum absolute atomic E-state index is 5.46. The third-order valence-corrected chi connectivity index (χ3v) is 5.49. The van der Waals surface area contributed by atoms with E-state index in [0.29, 0.717) is 5.41 Å². The van der Waals surface area contributed by atoms with Crippen LogP contribution in [0.25, 0.3) is 0 Å². The fourth-order valence-electron chi connectivity index (χ4n) is 4.10. The Morgan fingerprint density at radius 2 is 2.11 bits per heavy atom. The SMILES string of the molecule is CC1(CNCC2NCC3CCCC32)CCOCC1. The summed E-state index contributed by atoms with van der Waals surface area (Å²) in [5.74, 6) is 1.94. The molecule has 3 unspecified atom stereocenters. The van der Waals surface area contributed by atoms with E-state index in [-0.39, 0.29) is 0 Å². The Bertz CT molecular complexity index is 276. The van der Waals surface area contributed by atoms with Gasteiger partial charge in [0, 0.05) is 32.3 Å². The maximum Gasteiger partial charge on any atom is 0.0471 e. The third kappa shape index (κ3) is 2.73. The molecule has 0 radical (unpaired) electrons. The minimum absolute atomic E-state index is 0.464. The molecule has 1 saturated carbocycles. The van der Waals surface area contributed by atoms with Crippen molar-refractivity contribution in [3.63, 3.8) is 0 Å². The van der Waals surface area contributed by atoms with E-state index in [4.69, 9.17) is 4.74 Å². The summed E-state index contributed by atoms with van der Waals surface area (Å²) in [6, 6.07) is 0.737. The van der Waals surface area contributed by atoms with Gasteiger partial charge in [-0.15, -0.1) is 0 Å². The van der Waals surface area contributed by atoms with Crippen molar-refractivity contribution in [1.29, 1.82) is 0 Å². The van der Waals surface area contributed by atoms with Crippen LogP contribution in [-0.4, -0.2) is 38.9 Å². The second kappa shape index (κ2) is 5.48. The smallest absolute Gasteiger partial charge is 0.0471 e. The van der Waals surface area contributed by atoms with Crippen LogP contribution in [0.5, 0.6) is 0 Å². The van der Waals surface area contributed by atoms with Gasteiger partial charge in [-0.05, 0) is 49.5 Å². The van der Waals surface area contributed by atoms with Crippen LogP contribution in [0.3, 0.4) is 0 Å². The predicted octanol–water partition coefficient (Wildman–Crippen LogP) is 1.78. The number of fused-ring (bicyclic) bond motifs is 1. The Balaban J connectivity index is 1.41. The van der Waals surface area contributed by atoms with E-state index in [2.05, 4.69) is 17.6 Å². The summed E-state index contributed by atoms with van der Waals surface area (Å²) < 4.78 is 5.46. The van der Waals surface area contributed by atoms with Crippen molar-refractivity contribution in [3.8, 4) is 0 Å². The van der Waals surface area contributed by atoms with Crippen LogP contribution in [0.15, 0.2) is 0 Å². The molecule has 0 spiro atoms. The first-order chi connectivity index (χ1) is 8.77. The second-order valence-electron chi connectivity index (χ2n) is 6.92. The molecule has 18 heavy (non-hydrogen) atoms. The van der Waals surface area contributed by atoms with Gasteiger partial charge in [-0.25, -0.2) is 0 Å². The van der Waals surface area contributed by atoms with Crippen molar-refractivity contribution in [2.24, 2.45) is 17.3 Å². The first-order valence-corrected chi connectivity index (χ1v) is 7.79. The highest BCUT2D eigenvalue weighted by molar-refractivity contribution is 4.95. The second-order valence-corrected chi connectivity index (χ2v) is 6.92. The van der Waals surface area contributed by atoms with E-state index in [0.717, 1.165) is 44.2 Å². The average molecular weight is 252 g/mol. The van der Waals surface area contributed by atoms with E-state index >= 15 is 0 Å². The number of ether oxygens (including phenoxy) is 1.